The highest BCUT2D eigenvalue weighted by molar-refractivity contribution is 7.92. The summed E-state index contributed by atoms with van der Waals surface area (Å²) < 4.78 is 30.1. The summed E-state index contributed by atoms with van der Waals surface area (Å²) in [5, 5.41) is 3.35. The number of aromatic nitrogens is 3. The minimum absolute atomic E-state index is 0.00849. The first-order valence-electron chi connectivity index (χ1n) is 12.5. The van der Waals surface area contributed by atoms with Crippen molar-refractivity contribution >= 4 is 32.8 Å². The number of hydrogen-bond donors (Lipinski definition) is 2. The number of likely N-dealkylation sites (tertiary alicyclic amines) is 1. The highest BCUT2D eigenvalue weighted by atomic mass is 32.2. The van der Waals surface area contributed by atoms with Gasteiger partial charge in [-0.1, -0.05) is 18.2 Å². The van der Waals surface area contributed by atoms with Crippen molar-refractivity contribution in [1.82, 2.24) is 24.8 Å². The Kier molecular flexibility index (Phi) is 6.28. The van der Waals surface area contributed by atoms with Gasteiger partial charge < -0.3 is 14.8 Å². The molecule has 9 nitrogen and oxygen atoms in total. The summed E-state index contributed by atoms with van der Waals surface area (Å²) in [6, 6.07) is 7.84. The lowest BCUT2D eigenvalue weighted by atomic mass is 9.80. The molecular formula is C26H34N6O3S. The highest BCUT2D eigenvalue weighted by Gasteiger charge is 2.45. The maximum atomic E-state index is 12.8. The first-order valence-corrected chi connectivity index (χ1v) is 14.2. The molecule has 3 unspecified atom stereocenters. The second-order valence-corrected chi connectivity index (χ2v) is 12.1. The van der Waals surface area contributed by atoms with Gasteiger partial charge in [0.1, 0.15) is 11.3 Å². The standard InChI is InChI=1S/C26H34N6O3S/c1-6-36(34,35)30-22-12-21(20-13-31(5)26(33)23-18(20)10-11-27-23)29-25-24(22)28-17(4)32(25)14-19-15(2)8-7-9-16(19)3/h7-9,12,18,20,23,27H,6,10-11,13-14H2,1-5H3,(H,29,30). The van der Waals surface area contributed by atoms with Gasteiger partial charge in [0.15, 0.2) is 5.65 Å². The van der Waals surface area contributed by atoms with Crippen LogP contribution in [0.4, 0.5) is 5.69 Å². The number of amides is 1. The van der Waals surface area contributed by atoms with Crippen LogP contribution in [0.25, 0.3) is 11.2 Å². The summed E-state index contributed by atoms with van der Waals surface area (Å²) in [6.07, 6.45) is 0.880. The lowest BCUT2D eigenvalue weighted by molar-refractivity contribution is -0.136. The number of carbonyl (C=O) groups excluding carboxylic acids is 1. The molecule has 2 fully saturated rings. The maximum Gasteiger partial charge on any atom is 0.239 e. The molecule has 36 heavy (non-hydrogen) atoms. The van der Waals surface area contributed by atoms with Gasteiger partial charge in [-0.2, -0.15) is 0 Å². The summed E-state index contributed by atoms with van der Waals surface area (Å²) in [5.74, 6) is 0.947. The molecule has 2 saturated heterocycles. The number of nitrogens with zero attached hydrogens (tertiary/aromatic N) is 4. The Morgan fingerprint density at radius 1 is 1.17 bits per heavy atom. The predicted molar refractivity (Wildman–Crippen MR) is 141 cm³/mol. The van der Waals surface area contributed by atoms with E-state index in [0.29, 0.717) is 29.9 Å². The number of aryl methyl sites for hydroxylation is 3. The lowest BCUT2D eigenvalue weighted by Gasteiger charge is -2.38. The average Bonchev–Trinajstić information content (AvgIpc) is 3.44. The quantitative estimate of drug-likeness (QED) is 0.528. The third-order valence-corrected chi connectivity index (χ3v) is 9.09. The Morgan fingerprint density at radius 3 is 2.58 bits per heavy atom. The second-order valence-electron chi connectivity index (χ2n) is 10.1. The van der Waals surface area contributed by atoms with E-state index in [1.807, 2.05) is 26.1 Å². The van der Waals surface area contributed by atoms with Crippen LogP contribution < -0.4 is 10.0 Å². The monoisotopic (exact) mass is 510 g/mol. The number of carbonyl (C=O) groups is 1. The van der Waals surface area contributed by atoms with Crippen molar-refractivity contribution in [3.8, 4) is 0 Å². The molecule has 2 N–H and O–H groups in total. The summed E-state index contributed by atoms with van der Waals surface area (Å²) in [4.78, 5) is 24.4. The van der Waals surface area contributed by atoms with E-state index in [2.05, 4.69) is 40.6 Å². The fourth-order valence-electron chi connectivity index (χ4n) is 5.67. The van der Waals surface area contributed by atoms with E-state index in [0.717, 1.165) is 24.5 Å². The molecule has 0 aliphatic carbocycles. The molecule has 3 aromatic rings. The smallest absolute Gasteiger partial charge is 0.239 e. The van der Waals surface area contributed by atoms with E-state index >= 15 is 0 Å². The van der Waals surface area contributed by atoms with Gasteiger partial charge in [-0.3, -0.25) is 9.52 Å². The molecule has 4 heterocycles. The summed E-state index contributed by atoms with van der Waals surface area (Å²) in [7, 11) is -1.71. The number of piperidine rings is 1. The minimum atomic E-state index is -3.53. The molecule has 192 valence electrons. The molecule has 0 saturated carbocycles. The Bertz CT molecular complexity index is 1430. The number of likely N-dealkylation sites (N-methyl/N-ethyl adjacent to an activating group) is 1. The van der Waals surface area contributed by atoms with E-state index in [9.17, 15) is 13.2 Å². The van der Waals surface area contributed by atoms with Crippen LogP contribution >= 0.6 is 0 Å². The lowest BCUT2D eigenvalue weighted by Crippen LogP contribution is -2.53. The van der Waals surface area contributed by atoms with Crippen LogP contribution in [0.15, 0.2) is 24.3 Å². The zero-order chi connectivity index (χ0) is 25.8. The number of anilines is 1. The number of hydrogen-bond acceptors (Lipinski definition) is 6. The van der Waals surface area contributed by atoms with E-state index in [4.69, 9.17) is 9.97 Å². The van der Waals surface area contributed by atoms with Crippen molar-refractivity contribution in [2.75, 3.05) is 30.6 Å². The zero-order valence-corrected chi connectivity index (χ0v) is 22.3. The number of sulfonamides is 1. The summed E-state index contributed by atoms with van der Waals surface area (Å²) in [6.45, 7) is 9.65. The van der Waals surface area contributed by atoms with Crippen molar-refractivity contribution in [3.63, 3.8) is 0 Å². The molecule has 0 bridgehead atoms. The molecule has 0 radical (unpaired) electrons. The van der Waals surface area contributed by atoms with Crippen LogP contribution in [0.2, 0.25) is 0 Å². The van der Waals surface area contributed by atoms with Crippen molar-refractivity contribution < 1.29 is 13.2 Å². The topological polar surface area (TPSA) is 109 Å². The third kappa shape index (κ3) is 4.26. The van der Waals surface area contributed by atoms with Gasteiger partial charge in [0.25, 0.3) is 0 Å². The molecular weight excluding hydrogens is 476 g/mol. The van der Waals surface area contributed by atoms with Gasteiger partial charge in [0, 0.05) is 19.5 Å². The summed E-state index contributed by atoms with van der Waals surface area (Å²) >= 11 is 0. The second kappa shape index (κ2) is 9.15. The van der Waals surface area contributed by atoms with Crippen LogP contribution in [0.3, 0.4) is 0 Å². The number of benzene rings is 1. The molecule has 1 amide bonds. The first kappa shape index (κ1) is 24.7. The van der Waals surface area contributed by atoms with Crippen molar-refractivity contribution in [3.05, 3.63) is 52.5 Å². The predicted octanol–water partition coefficient (Wildman–Crippen LogP) is 2.70. The number of nitrogens with one attached hydrogen (secondary N) is 2. The zero-order valence-electron chi connectivity index (χ0n) is 21.5. The Labute approximate surface area is 212 Å². The molecule has 2 aliphatic heterocycles. The van der Waals surface area contributed by atoms with Crippen molar-refractivity contribution in [2.45, 2.75) is 52.6 Å². The van der Waals surface area contributed by atoms with Gasteiger partial charge in [-0.05, 0) is 69.3 Å². The molecule has 3 atom stereocenters. The van der Waals surface area contributed by atoms with Crippen LogP contribution in [0, 0.1) is 26.7 Å². The van der Waals surface area contributed by atoms with Gasteiger partial charge in [-0.15, -0.1) is 0 Å². The molecule has 0 spiro atoms. The third-order valence-electron chi connectivity index (χ3n) is 7.80. The van der Waals surface area contributed by atoms with E-state index < -0.39 is 10.0 Å². The average molecular weight is 511 g/mol. The SMILES string of the molecule is CCS(=O)(=O)Nc1cc(C2CN(C)C(=O)C3NCCC32)nc2c1nc(C)n2Cc1c(C)cccc1C. The summed E-state index contributed by atoms with van der Waals surface area (Å²) in [5.41, 5.74) is 6.01. The first-order chi connectivity index (χ1) is 17.1. The Hall–Kier alpha value is -2.98. The molecule has 10 heteroatoms. The minimum Gasteiger partial charge on any atom is -0.344 e. The van der Waals surface area contributed by atoms with Crippen LogP contribution in [-0.2, 0) is 21.4 Å². The maximum absolute atomic E-state index is 12.8. The fraction of sp³-hybridized carbons (Fsp3) is 0.500. The van der Waals surface area contributed by atoms with Crippen LogP contribution in [-0.4, -0.2) is 65.7 Å². The molecule has 1 aromatic carbocycles. The molecule has 2 aliphatic rings. The van der Waals surface area contributed by atoms with E-state index in [-0.39, 0.29) is 29.5 Å². The fourth-order valence-corrected chi connectivity index (χ4v) is 6.30. The molecule has 2 aromatic heterocycles. The number of rotatable bonds is 6. The van der Waals surface area contributed by atoms with Crippen LogP contribution in [0.5, 0.6) is 0 Å². The largest absolute Gasteiger partial charge is 0.344 e. The number of fused-ring (bicyclic) bond motifs is 2. The highest BCUT2D eigenvalue weighted by Crippen LogP contribution is 2.39. The van der Waals surface area contributed by atoms with Crippen molar-refractivity contribution in [1.29, 1.82) is 0 Å². The van der Waals surface area contributed by atoms with E-state index in [1.165, 1.54) is 16.7 Å². The van der Waals surface area contributed by atoms with Gasteiger partial charge in [0.05, 0.1) is 29.7 Å². The van der Waals surface area contributed by atoms with Gasteiger partial charge in [0.2, 0.25) is 15.9 Å². The molecule has 5 rings (SSSR count). The van der Waals surface area contributed by atoms with Crippen molar-refractivity contribution in [2.24, 2.45) is 5.92 Å². The van der Waals surface area contributed by atoms with Gasteiger partial charge in [-0.25, -0.2) is 18.4 Å². The van der Waals surface area contributed by atoms with E-state index in [1.54, 1.807) is 11.8 Å². The van der Waals surface area contributed by atoms with Gasteiger partial charge >= 0.3 is 0 Å². The Balaban J connectivity index is 1.68. The van der Waals surface area contributed by atoms with Crippen LogP contribution in [0.1, 0.15) is 47.5 Å². The number of pyridine rings is 1. The number of imidazole rings is 1. The normalized spacial score (nSPS) is 22.3. The Morgan fingerprint density at radius 2 is 1.89 bits per heavy atom.